The highest BCUT2D eigenvalue weighted by molar-refractivity contribution is 7.89. The second-order valence-electron chi connectivity index (χ2n) is 11.0. The molecule has 0 aliphatic heterocycles. The van der Waals surface area contributed by atoms with E-state index in [-0.39, 0.29) is 30.8 Å². The number of alkyl halides is 3. The van der Waals surface area contributed by atoms with Crippen LogP contribution in [0.2, 0.25) is 0 Å². The zero-order chi connectivity index (χ0) is 29.5. The molecule has 1 aliphatic carbocycles. The third-order valence-corrected chi connectivity index (χ3v) is 9.64. The molecule has 0 radical (unpaired) electrons. The summed E-state index contributed by atoms with van der Waals surface area (Å²) in [4.78, 5) is 18.5. The van der Waals surface area contributed by atoms with Crippen molar-refractivity contribution in [2.24, 2.45) is 0 Å². The Bertz CT molecular complexity index is 1380. The van der Waals surface area contributed by atoms with Gasteiger partial charge in [0.25, 0.3) is 0 Å². The van der Waals surface area contributed by atoms with Crippen LogP contribution in [0.1, 0.15) is 75.0 Å². The highest BCUT2D eigenvalue weighted by Crippen LogP contribution is 2.31. The van der Waals surface area contributed by atoms with Crippen LogP contribution in [0.4, 0.5) is 13.2 Å². The quantitative estimate of drug-likeness (QED) is 0.184. The van der Waals surface area contributed by atoms with Gasteiger partial charge in [-0.15, -0.1) is 0 Å². The molecular formula is C31H40F3N3O3S. The molecular weight excluding hydrogens is 551 g/mol. The number of sulfonamides is 1. The largest absolute Gasteiger partial charge is 0.416 e. The molecule has 1 aromatic heterocycles. The second-order valence-corrected chi connectivity index (χ2v) is 13.0. The van der Waals surface area contributed by atoms with Crippen LogP contribution in [0.5, 0.6) is 0 Å². The van der Waals surface area contributed by atoms with Crippen LogP contribution in [0.3, 0.4) is 0 Å². The van der Waals surface area contributed by atoms with Crippen molar-refractivity contribution < 1.29 is 26.4 Å². The second kappa shape index (κ2) is 13.9. The summed E-state index contributed by atoms with van der Waals surface area (Å²) in [6.07, 6.45) is 5.21. The van der Waals surface area contributed by atoms with Crippen LogP contribution in [-0.4, -0.2) is 53.4 Å². The molecule has 6 nitrogen and oxygen atoms in total. The van der Waals surface area contributed by atoms with Crippen LogP contribution in [0, 0.1) is 0 Å². The van der Waals surface area contributed by atoms with Gasteiger partial charge in [0.1, 0.15) is 0 Å². The summed E-state index contributed by atoms with van der Waals surface area (Å²) in [5.41, 5.74) is 1.79. The monoisotopic (exact) mass is 591 g/mol. The Morgan fingerprint density at radius 3 is 2.34 bits per heavy atom. The Kier molecular flexibility index (Phi) is 10.5. The first-order chi connectivity index (χ1) is 19.6. The lowest BCUT2D eigenvalue weighted by Crippen LogP contribution is -2.45. The van der Waals surface area contributed by atoms with Gasteiger partial charge in [0.2, 0.25) is 15.9 Å². The number of para-hydroxylation sites is 1. The summed E-state index contributed by atoms with van der Waals surface area (Å²) >= 11 is 0. The first-order valence-corrected chi connectivity index (χ1v) is 16.2. The van der Waals surface area contributed by atoms with Crippen molar-refractivity contribution in [3.63, 3.8) is 0 Å². The van der Waals surface area contributed by atoms with E-state index in [1.807, 2.05) is 30.5 Å². The van der Waals surface area contributed by atoms with E-state index in [1.54, 1.807) is 4.90 Å². The first-order valence-electron chi connectivity index (χ1n) is 14.6. The molecule has 0 spiro atoms. The van der Waals surface area contributed by atoms with Crippen molar-refractivity contribution in [3.05, 3.63) is 71.4 Å². The van der Waals surface area contributed by atoms with Gasteiger partial charge in [-0.1, -0.05) is 69.4 Å². The number of benzene rings is 2. The summed E-state index contributed by atoms with van der Waals surface area (Å²) in [6, 6.07) is 12.4. The number of aromatic amines is 1. The van der Waals surface area contributed by atoms with Crippen molar-refractivity contribution in [2.75, 3.05) is 18.8 Å². The van der Waals surface area contributed by atoms with Crippen molar-refractivity contribution in [1.29, 1.82) is 0 Å². The Morgan fingerprint density at radius 1 is 0.976 bits per heavy atom. The summed E-state index contributed by atoms with van der Waals surface area (Å²) in [5.74, 6) is -0.319. The summed E-state index contributed by atoms with van der Waals surface area (Å²) < 4.78 is 67.2. The Hall–Kier alpha value is -2.85. The first kappa shape index (κ1) is 31.1. The van der Waals surface area contributed by atoms with E-state index in [4.69, 9.17) is 0 Å². The number of rotatable bonds is 16. The highest BCUT2D eigenvalue weighted by Gasteiger charge is 2.39. The van der Waals surface area contributed by atoms with Crippen molar-refractivity contribution in [2.45, 2.75) is 83.5 Å². The maximum Gasteiger partial charge on any atom is 0.416 e. The molecule has 0 atom stereocenters. The zero-order valence-electron chi connectivity index (χ0n) is 23.6. The molecule has 2 aromatic carbocycles. The summed E-state index contributed by atoms with van der Waals surface area (Å²) in [7, 11) is -3.61. The molecule has 1 N–H and O–H groups in total. The average molecular weight is 592 g/mol. The lowest BCUT2D eigenvalue weighted by molar-refractivity contribution is -0.137. The van der Waals surface area contributed by atoms with Crippen LogP contribution >= 0.6 is 0 Å². The molecule has 1 heterocycles. The van der Waals surface area contributed by atoms with Gasteiger partial charge in [-0.2, -0.15) is 17.5 Å². The predicted octanol–water partition coefficient (Wildman–Crippen LogP) is 6.91. The van der Waals surface area contributed by atoms with Crippen molar-refractivity contribution in [1.82, 2.24) is 14.2 Å². The lowest BCUT2D eigenvalue weighted by Gasteiger charge is -2.27. The average Bonchev–Trinajstić information content (AvgIpc) is 3.70. The Labute approximate surface area is 241 Å². The van der Waals surface area contributed by atoms with E-state index >= 15 is 0 Å². The predicted molar refractivity (Wildman–Crippen MR) is 156 cm³/mol. The number of unbranched alkanes of at least 4 members (excludes halogenated alkanes) is 5. The standard InChI is InChI=1S/C31H40F3N3O3S/c1-2-3-4-5-6-9-20-41(39,40)37(27-16-17-27)23-30(38)36(22-24-12-14-26(15-13-24)31(32,33)34)19-18-25-21-35-29-11-8-7-10-28(25)29/h7-8,10-15,21,27,35H,2-6,9,16-20,22-23H2,1H3. The normalized spacial score (nSPS) is 14.2. The molecule has 0 bridgehead atoms. The molecule has 10 heteroatoms. The number of H-pyrrole nitrogens is 1. The third kappa shape index (κ3) is 8.82. The Morgan fingerprint density at radius 2 is 1.66 bits per heavy atom. The van der Waals surface area contributed by atoms with Gasteiger partial charge in [-0.3, -0.25) is 4.79 Å². The van der Waals surface area contributed by atoms with Gasteiger partial charge in [0.05, 0.1) is 17.9 Å². The number of carbonyl (C=O) groups is 1. The maximum atomic E-state index is 13.7. The van der Waals surface area contributed by atoms with Gasteiger partial charge in [0, 0.05) is 36.2 Å². The van der Waals surface area contributed by atoms with E-state index in [0.29, 0.717) is 24.9 Å². The van der Waals surface area contributed by atoms with Crippen LogP contribution in [0.25, 0.3) is 10.9 Å². The van der Waals surface area contributed by atoms with Crippen molar-refractivity contribution in [3.8, 4) is 0 Å². The summed E-state index contributed by atoms with van der Waals surface area (Å²) in [6.45, 7) is 2.28. The SMILES string of the molecule is CCCCCCCCS(=O)(=O)N(CC(=O)N(CCc1c[nH]c2ccccc12)Cc1ccc(C(F)(F)F)cc1)C1CC1. The number of fused-ring (bicyclic) bond motifs is 1. The number of carbonyl (C=O) groups excluding carboxylic acids is 1. The zero-order valence-corrected chi connectivity index (χ0v) is 24.4. The summed E-state index contributed by atoms with van der Waals surface area (Å²) in [5, 5.41) is 1.04. The lowest BCUT2D eigenvalue weighted by atomic mass is 10.1. The Balaban J connectivity index is 1.47. The minimum Gasteiger partial charge on any atom is -0.361 e. The molecule has 0 saturated heterocycles. The van der Waals surface area contributed by atoms with Crippen LogP contribution < -0.4 is 0 Å². The van der Waals surface area contributed by atoms with Crippen LogP contribution in [-0.2, 0) is 34.0 Å². The van der Waals surface area contributed by atoms with E-state index in [2.05, 4.69) is 11.9 Å². The molecule has 4 rings (SSSR count). The van der Waals surface area contributed by atoms with E-state index in [9.17, 15) is 26.4 Å². The molecule has 1 aliphatic rings. The highest BCUT2D eigenvalue weighted by atomic mass is 32.2. The van der Waals surface area contributed by atoms with Crippen LogP contribution in [0.15, 0.2) is 54.7 Å². The molecule has 41 heavy (non-hydrogen) atoms. The number of halogens is 3. The minimum atomic E-state index is -4.45. The molecule has 1 fully saturated rings. The van der Waals surface area contributed by atoms with Gasteiger partial charge in [0.15, 0.2) is 0 Å². The fourth-order valence-corrected chi connectivity index (χ4v) is 6.91. The maximum absolute atomic E-state index is 13.7. The van der Waals surface area contributed by atoms with Gasteiger partial charge < -0.3 is 9.88 Å². The number of hydrogen-bond acceptors (Lipinski definition) is 3. The fourth-order valence-electron chi connectivity index (χ4n) is 5.14. The van der Waals surface area contributed by atoms with E-state index < -0.39 is 21.8 Å². The number of aromatic nitrogens is 1. The van der Waals surface area contributed by atoms with Crippen molar-refractivity contribution >= 4 is 26.8 Å². The number of amides is 1. The third-order valence-electron chi connectivity index (χ3n) is 7.69. The molecule has 224 valence electrons. The number of nitrogens with one attached hydrogen (secondary N) is 1. The topological polar surface area (TPSA) is 73.5 Å². The van der Waals surface area contributed by atoms with Gasteiger partial charge >= 0.3 is 6.18 Å². The molecule has 1 amide bonds. The number of nitrogens with zero attached hydrogens (tertiary/aromatic N) is 2. The van der Waals surface area contributed by atoms with Gasteiger partial charge in [-0.05, 0) is 55.0 Å². The fraction of sp³-hybridized carbons (Fsp3) is 0.516. The molecule has 3 aromatic rings. The molecule has 0 unspecified atom stereocenters. The van der Waals surface area contributed by atoms with Gasteiger partial charge in [-0.25, -0.2) is 8.42 Å². The molecule has 1 saturated carbocycles. The van der Waals surface area contributed by atoms with E-state index in [0.717, 1.165) is 73.5 Å². The smallest absolute Gasteiger partial charge is 0.361 e. The minimum absolute atomic E-state index is 0.0249. The number of hydrogen-bond donors (Lipinski definition) is 1. The van der Waals surface area contributed by atoms with E-state index in [1.165, 1.54) is 16.4 Å².